The van der Waals surface area contributed by atoms with Gasteiger partial charge in [0.1, 0.15) is 0 Å². The lowest BCUT2D eigenvalue weighted by Crippen LogP contribution is -2.15. The van der Waals surface area contributed by atoms with Crippen LogP contribution in [0.4, 0.5) is 0 Å². The van der Waals surface area contributed by atoms with Crippen LogP contribution in [0.1, 0.15) is 27.7 Å². The first kappa shape index (κ1) is 15.6. The van der Waals surface area contributed by atoms with E-state index in [2.05, 4.69) is 6.58 Å². The van der Waals surface area contributed by atoms with Crippen LogP contribution in [0, 0.1) is 0 Å². The lowest BCUT2D eigenvalue weighted by molar-refractivity contribution is 0.604. The molecule has 0 aromatic carbocycles. The average Bonchev–Trinajstić information content (AvgIpc) is 2.07. The zero-order valence-corrected chi connectivity index (χ0v) is 10.1. The Hall–Kier alpha value is -0.870. The van der Waals surface area contributed by atoms with Crippen LogP contribution in [0.25, 0.3) is 0 Å². The third-order valence-electron chi connectivity index (χ3n) is 1.33. The second-order valence-electron chi connectivity index (χ2n) is 2.28. The first-order valence-corrected chi connectivity index (χ1v) is 5.97. The van der Waals surface area contributed by atoms with Crippen LogP contribution < -0.4 is 5.14 Å². The molecule has 0 unspecified atom stereocenters. The predicted octanol–water partition coefficient (Wildman–Crippen LogP) is 2.34. The Morgan fingerprint density at radius 1 is 1.36 bits per heavy atom. The number of sulfonamides is 1. The highest BCUT2D eigenvalue weighted by Crippen LogP contribution is 2.13. The maximum atomic E-state index is 10.9. The molecular formula is C10H19NO2S. The smallest absolute Gasteiger partial charge is 0.225 e. The van der Waals surface area contributed by atoms with Crippen molar-refractivity contribution >= 4 is 10.0 Å². The van der Waals surface area contributed by atoms with Crippen molar-refractivity contribution in [3.8, 4) is 0 Å². The number of allylic oxidation sites excluding steroid dienone is 4. The maximum absolute atomic E-state index is 10.9. The van der Waals surface area contributed by atoms with Crippen LogP contribution in [-0.4, -0.2) is 8.42 Å². The normalized spacial score (nSPS) is 12.9. The Bertz CT molecular complexity index is 324. The van der Waals surface area contributed by atoms with Crippen LogP contribution in [0.5, 0.6) is 0 Å². The molecule has 0 radical (unpaired) electrons. The van der Waals surface area contributed by atoms with E-state index < -0.39 is 10.0 Å². The maximum Gasteiger partial charge on any atom is 0.237 e. The molecule has 0 aromatic rings. The second-order valence-corrected chi connectivity index (χ2v) is 3.81. The largest absolute Gasteiger partial charge is 0.237 e. The van der Waals surface area contributed by atoms with E-state index in [0.29, 0.717) is 5.57 Å². The molecule has 0 saturated heterocycles. The minimum absolute atomic E-state index is 0.141. The first-order chi connectivity index (χ1) is 6.43. The minimum Gasteiger partial charge on any atom is -0.225 e. The molecule has 0 atom stereocenters. The zero-order chi connectivity index (χ0) is 11.8. The lowest BCUT2D eigenvalue weighted by Gasteiger charge is -2.02. The molecule has 0 bridgehead atoms. The second kappa shape index (κ2) is 7.53. The van der Waals surface area contributed by atoms with Crippen molar-refractivity contribution in [2.45, 2.75) is 27.7 Å². The van der Waals surface area contributed by atoms with Gasteiger partial charge in [-0.25, -0.2) is 13.6 Å². The van der Waals surface area contributed by atoms with Gasteiger partial charge in [-0.3, -0.25) is 0 Å². The molecule has 0 saturated carbocycles. The van der Waals surface area contributed by atoms with E-state index in [1.807, 2.05) is 13.8 Å². The number of primary sulfonamides is 1. The molecule has 0 aliphatic rings. The monoisotopic (exact) mass is 217 g/mol. The third kappa shape index (κ3) is 5.72. The average molecular weight is 217 g/mol. The summed E-state index contributed by atoms with van der Waals surface area (Å²) in [5.74, 6) is 0. The predicted molar refractivity (Wildman–Crippen MR) is 62.2 cm³/mol. The number of hydrogen-bond acceptors (Lipinski definition) is 2. The summed E-state index contributed by atoms with van der Waals surface area (Å²) in [5, 5.41) is 4.95. The highest BCUT2D eigenvalue weighted by Gasteiger charge is 2.11. The van der Waals surface area contributed by atoms with Gasteiger partial charge in [0.15, 0.2) is 0 Å². The molecule has 2 N–H and O–H groups in total. The highest BCUT2D eigenvalue weighted by atomic mass is 32.2. The fourth-order valence-corrected chi connectivity index (χ4v) is 1.72. The molecule has 0 aliphatic heterocycles. The van der Waals surface area contributed by atoms with Gasteiger partial charge >= 0.3 is 0 Å². The van der Waals surface area contributed by atoms with E-state index in [4.69, 9.17) is 5.14 Å². The van der Waals surface area contributed by atoms with E-state index in [1.165, 1.54) is 12.2 Å². The fraction of sp³-hybridized carbons (Fsp3) is 0.400. The molecule has 0 aromatic heterocycles. The SMILES string of the molecule is C=C/C=C(C)\C(=C/C)S(N)(=O)=O.CC. The van der Waals surface area contributed by atoms with Crippen molar-refractivity contribution in [2.24, 2.45) is 5.14 Å². The van der Waals surface area contributed by atoms with E-state index in [9.17, 15) is 8.42 Å². The summed E-state index contributed by atoms with van der Waals surface area (Å²) >= 11 is 0. The molecular weight excluding hydrogens is 198 g/mol. The van der Waals surface area contributed by atoms with E-state index in [0.717, 1.165) is 0 Å². The lowest BCUT2D eigenvalue weighted by atomic mass is 10.2. The summed E-state index contributed by atoms with van der Waals surface area (Å²) in [7, 11) is -3.59. The zero-order valence-electron chi connectivity index (χ0n) is 9.24. The van der Waals surface area contributed by atoms with E-state index >= 15 is 0 Å². The van der Waals surface area contributed by atoms with Crippen LogP contribution in [0.2, 0.25) is 0 Å². The summed E-state index contributed by atoms with van der Waals surface area (Å²) in [6.07, 6.45) is 4.58. The van der Waals surface area contributed by atoms with Crippen molar-refractivity contribution in [2.75, 3.05) is 0 Å². The Labute approximate surface area is 87.1 Å². The summed E-state index contributed by atoms with van der Waals surface area (Å²) in [6.45, 7) is 10.8. The molecule has 0 amide bonds. The van der Waals surface area contributed by atoms with Crippen LogP contribution in [-0.2, 0) is 10.0 Å². The van der Waals surface area contributed by atoms with Gasteiger partial charge < -0.3 is 0 Å². The van der Waals surface area contributed by atoms with Crippen LogP contribution >= 0.6 is 0 Å². The van der Waals surface area contributed by atoms with Crippen LogP contribution in [0.3, 0.4) is 0 Å². The standard InChI is InChI=1S/C8H13NO2S.C2H6/c1-4-6-7(3)8(5-2)12(9,10)11;1-2/h4-6H,1H2,2-3H3,(H2,9,10,11);1-2H3/b7-6-,8-5+;. The fourth-order valence-electron chi connectivity index (χ4n) is 0.875. The highest BCUT2D eigenvalue weighted by molar-refractivity contribution is 7.93. The summed E-state index contributed by atoms with van der Waals surface area (Å²) in [5.41, 5.74) is 0.593. The van der Waals surface area contributed by atoms with Gasteiger partial charge in [-0.1, -0.05) is 38.7 Å². The Kier molecular flexibility index (Phi) is 8.38. The first-order valence-electron chi connectivity index (χ1n) is 4.42. The molecule has 14 heavy (non-hydrogen) atoms. The topological polar surface area (TPSA) is 60.2 Å². The number of rotatable bonds is 3. The van der Waals surface area contributed by atoms with Gasteiger partial charge in [0, 0.05) is 0 Å². The molecule has 4 heteroatoms. The van der Waals surface area contributed by atoms with Gasteiger partial charge in [-0.2, -0.15) is 0 Å². The van der Waals surface area contributed by atoms with Gasteiger partial charge in [0.25, 0.3) is 0 Å². The van der Waals surface area contributed by atoms with Crippen molar-refractivity contribution in [1.82, 2.24) is 0 Å². The summed E-state index contributed by atoms with van der Waals surface area (Å²) in [6, 6.07) is 0. The third-order valence-corrected chi connectivity index (χ3v) is 2.50. The van der Waals surface area contributed by atoms with E-state index in [1.54, 1.807) is 19.9 Å². The Balaban J connectivity index is 0. The Morgan fingerprint density at radius 3 is 2.00 bits per heavy atom. The van der Waals surface area contributed by atoms with E-state index in [-0.39, 0.29) is 4.91 Å². The molecule has 0 fully saturated rings. The minimum atomic E-state index is -3.59. The summed E-state index contributed by atoms with van der Waals surface area (Å²) < 4.78 is 21.8. The quantitative estimate of drug-likeness (QED) is 0.737. The van der Waals surface area contributed by atoms with Gasteiger partial charge in [0.2, 0.25) is 10.0 Å². The van der Waals surface area contributed by atoms with Crippen molar-refractivity contribution in [3.05, 3.63) is 35.3 Å². The molecule has 0 spiro atoms. The number of hydrogen-bond donors (Lipinski definition) is 1. The van der Waals surface area contributed by atoms with Gasteiger partial charge in [-0.15, -0.1) is 0 Å². The van der Waals surface area contributed by atoms with Crippen molar-refractivity contribution < 1.29 is 8.42 Å². The van der Waals surface area contributed by atoms with Gasteiger partial charge in [-0.05, 0) is 19.4 Å². The van der Waals surface area contributed by atoms with Gasteiger partial charge in [0.05, 0.1) is 4.91 Å². The molecule has 0 heterocycles. The van der Waals surface area contributed by atoms with Crippen LogP contribution in [0.15, 0.2) is 35.3 Å². The molecule has 82 valence electrons. The molecule has 0 rings (SSSR count). The molecule has 3 nitrogen and oxygen atoms in total. The summed E-state index contributed by atoms with van der Waals surface area (Å²) in [4.78, 5) is 0.141. The number of nitrogens with two attached hydrogens (primary N) is 1. The van der Waals surface area contributed by atoms with Crippen molar-refractivity contribution in [3.63, 3.8) is 0 Å². The molecule has 0 aliphatic carbocycles. The Morgan fingerprint density at radius 2 is 1.79 bits per heavy atom. The van der Waals surface area contributed by atoms with Crippen molar-refractivity contribution in [1.29, 1.82) is 0 Å².